The summed E-state index contributed by atoms with van der Waals surface area (Å²) in [6.07, 6.45) is 7.63. The molecule has 0 bridgehead atoms. The summed E-state index contributed by atoms with van der Waals surface area (Å²) < 4.78 is 1.70. The first-order chi connectivity index (χ1) is 9.15. The van der Waals surface area contributed by atoms with Crippen molar-refractivity contribution >= 4 is 5.82 Å². The zero-order valence-corrected chi connectivity index (χ0v) is 11.7. The van der Waals surface area contributed by atoms with Gasteiger partial charge in [0.15, 0.2) is 5.82 Å². The van der Waals surface area contributed by atoms with Crippen LogP contribution in [0.25, 0.3) is 0 Å². The van der Waals surface area contributed by atoms with Gasteiger partial charge in [0.1, 0.15) is 0 Å². The van der Waals surface area contributed by atoms with Gasteiger partial charge in [0, 0.05) is 25.0 Å². The first kappa shape index (κ1) is 14.1. The van der Waals surface area contributed by atoms with Crippen molar-refractivity contribution in [1.29, 1.82) is 0 Å². The number of nitrogens with zero attached hydrogens (tertiary/aromatic N) is 3. The summed E-state index contributed by atoms with van der Waals surface area (Å²) in [5.74, 6) is 0.483. The fraction of sp³-hybridized carbons (Fsp3) is 0.714. The Balaban J connectivity index is 2.38. The van der Waals surface area contributed by atoms with Crippen molar-refractivity contribution in [3.05, 3.63) is 22.7 Å². The van der Waals surface area contributed by atoms with Gasteiger partial charge >= 0.3 is 0 Å². The molecule has 1 aromatic heterocycles. The molecule has 5 heteroatoms. The predicted molar refractivity (Wildman–Crippen MR) is 75.6 cm³/mol. The quantitative estimate of drug-likeness (QED) is 0.901. The molecule has 1 aliphatic rings. The summed E-state index contributed by atoms with van der Waals surface area (Å²) >= 11 is 0. The Bertz CT molecular complexity index is 470. The molecule has 106 valence electrons. The van der Waals surface area contributed by atoms with Crippen molar-refractivity contribution in [2.45, 2.75) is 51.6 Å². The molecule has 1 aromatic rings. The molecule has 0 aliphatic carbocycles. The lowest BCUT2D eigenvalue weighted by molar-refractivity contribution is 0.254. The molecule has 5 nitrogen and oxygen atoms in total. The van der Waals surface area contributed by atoms with Crippen LogP contribution < -0.4 is 10.5 Å². The maximum Gasteiger partial charge on any atom is 0.293 e. The number of anilines is 1. The number of hydrogen-bond donors (Lipinski definition) is 1. The van der Waals surface area contributed by atoms with Crippen LogP contribution >= 0.6 is 0 Å². The van der Waals surface area contributed by atoms with E-state index in [1.54, 1.807) is 17.0 Å². The maximum atomic E-state index is 12.5. The molecule has 1 N–H and O–H groups in total. The average molecular weight is 265 g/mol. The summed E-state index contributed by atoms with van der Waals surface area (Å²) in [5, 5.41) is 9.54. The Labute approximate surface area is 113 Å². The first-order valence-electron chi connectivity index (χ1n) is 7.09. The summed E-state index contributed by atoms with van der Waals surface area (Å²) in [4.78, 5) is 18.7. The van der Waals surface area contributed by atoms with Crippen LogP contribution in [0.2, 0.25) is 0 Å². The van der Waals surface area contributed by atoms with Crippen LogP contribution in [0.15, 0.2) is 17.2 Å². The number of aromatic nitrogens is 2. The van der Waals surface area contributed by atoms with Gasteiger partial charge in [-0.3, -0.25) is 4.79 Å². The normalized spacial score (nSPS) is 20.6. The fourth-order valence-corrected chi connectivity index (χ4v) is 2.66. The van der Waals surface area contributed by atoms with E-state index in [0.717, 1.165) is 32.2 Å². The lowest BCUT2D eigenvalue weighted by Crippen LogP contribution is -2.42. The zero-order chi connectivity index (χ0) is 13.8. The number of rotatable bonds is 3. The lowest BCUT2D eigenvalue weighted by atomic mass is 10.1. The second-order valence-electron chi connectivity index (χ2n) is 5.44. The highest BCUT2D eigenvalue weighted by atomic mass is 16.3. The molecule has 19 heavy (non-hydrogen) atoms. The van der Waals surface area contributed by atoms with Gasteiger partial charge in [-0.2, -0.15) is 0 Å². The van der Waals surface area contributed by atoms with Gasteiger partial charge in [0.05, 0.1) is 12.6 Å². The van der Waals surface area contributed by atoms with Crippen molar-refractivity contribution in [2.24, 2.45) is 0 Å². The van der Waals surface area contributed by atoms with Crippen molar-refractivity contribution in [2.75, 3.05) is 18.1 Å². The number of aliphatic hydroxyl groups is 1. The minimum atomic E-state index is -0.0575. The third-order valence-corrected chi connectivity index (χ3v) is 3.77. The van der Waals surface area contributed by atoms with Gasteiger partial charge in [0.25, 0.3) is 5.56 Å². The molecule has 1 unspecified atom stereocenters. The van der Waals surface area contributed by atoms with Crippen LogP contribution in [-0.2, 0) is 0 Å². The average Bonchev–Trinajstić information content (AvgIpc) is 2.63. The summed E-state index contributed by atoms with van der Waals surface area (Å²) in [7, 11) is 0. The van der Waals surface area contributed by atoms with E-state index in [-0.39, 0.29) is 24.2 Å². The monoisotopic (exact) mass is 265 g/mol. The van der Waals surface area contributed by atoms with E-state index < -0.39 is 0 Å². The Morgan fingerprint density at radius 2 is 2.21 bits per heavy atom. The van der Waals surface area contributed by atoms with Crippen molar-refractivity contribution in [1.82, 2.24) is 9.55 Å². The van der Waals surface area contributed by atoms with Crippen LogP contribution in [0.1, 0.15) is 45.6 Å². The Hall–Kier alpha value is -1.36. The molecule has 2 rings (SSSR count). The smallest absolute Gasteiger partial charge is 0.293 e. The van der Waals surface area contributed by atoms with Crippen LogP contribution in [0, 0.1) is 0 Å². The molecule has 0 radical (unpaired) electrons. The highest BCUT2D eigenvalue weighted by Crippen LogP contribution is 2.20. The second kappa shape index (κ2) is 6.19. The van der Waals surface area contributed by atoms with Crippen LogP contribution in [-0.4, -0.2) is 33.9 Å². The standard InChI is InChI=1S/C14H23N3O2/c1-11(2)16-9-7-15-13(14(16)19)17-8-5-3-4-6-12(17)10-18/h7,9,11-12,18H,3-6,8,10H2,1-2H3. The minimum absolute atomic E-state index is 0.0192. The fourth-order valence-electron chi connectivity index (χ4n) is 2.66. The van der Waals surface area contributed by atoms with E-state index in [2.05, 4.69) is 4.98 Å². The van der Waals surface area contributed by atoms with Crippen LogP contribution in [0.3, 0.4) is 0 Å². The van der Waals surface area contributed by atoms with E-state index in [0.29, 0.717) is 5.82 Å². The third-order valence-electron chi connectivity index (χ3n) is 3.77. The largest absolute Gasteiger partial charge is 0.394 e. The zero-order valence-electron chi connectivity index (χ0n) is 11.7. The van der Waals surface area contributed by atoms with Gasteiger partial charge in [-0.15, -0.1) is 0 Å². The highest BCUT2D eigenvalue weighted by molar-refractivity contribution is 5.37. The van der Waals surface area contributed by atoms with E-state index >= 15 is 0 Å². The van der Waals surface area contributed by atoms with Gasteiger partial charge in [-0.25, -0.2) is 4.98 Å². The van der Waals surface area contributed by atoms with Crippen molar-refractivity contribution in [3.8, 4) is 0 Å². The van der Waals surface area contributed by atoms with Crippen LogP contribution in [0.4, 0.5) is 5.82 Å². The molecule has 1 aliphatic heterocycles. The van der Waals surface area contributed by atoms with Gasteiger partial charge < -0.3 is 14.6 Å². The number of aliphatic hydroxyl groups excluding tert-OH is 1. The Morgan fingerprint density at radius 3 is 2.89 bits per heavy atom. The summed E-state index contributed by atoms with van der Waals surface area (Å²) in [6.45, 7) is 4.85. The van der Waals surface area contributed by atoms with Crippen molar-refractivity contribution in [3.63, 3.8) is 0 Å². The molecule has 0 aromatic carbocycles. The SMILES string of the molecule is CC(C)n1ccnc(N2CCCCCC2CO)c1=O. The summed E-state index contributed by atoms with van der Waals surface area (Å²) in [5.41, 5.74) is -0.0575. The number of hydrogen-bond acceptors (Lipinski definition) is 4. The molecule has 1 fully saturated rings. The van der Waals surface area contributed by atoms with E-state index in [9.17, 15) is 9.90 Å². The van der Waals surface area contributed by atoms with Gasteiger partial charge in [-0.05, 0) is 26.7 Å². The molecule has 0 spiro atoms. The Kier molecular flexibility index (Phi) is 4.58. The van der Waals surface area contributed by atoms with Gasteiger partial charge in [-0.1, -0.05) is 12.8 Å². The van der Waals surface area contributed by atoms with Crippen LogP contribution in [0.5, 0.6) is 0 Å². The molecular formula is C14H23N3O2. The minimum Gasteiger partial charge on any atom is -0.394 e. The highest BCUT2D eigenvalue weighted by Gasteiger charge is 2.24. The Morgan fingerprint density at radius 1 is 1.42 bits per heavy atom. The predicted octanol–water partition coefficient (Wildman–Crippen LogP) is 1.57. The molecule has 1 atom stereocenters. The molecule has 0 amide bonds. The maximum absolute atomic E-state index is 12.5. The van der Waals surface area contributed by atoms with E-state index in [1.165, 1.54) is 0 Å². The second-order valence-corrected chi connectivity index (χ2v) is 5.44. The third kappa shape index (κ3) is 2.97. The van der Waals surface area contributed by atoms with Crippen molar-refractivity contribution < 1.29 is 5.11 Å². The molecular weight excluding hydrogens is 242 g/mol. The summed E-state index contributed by atoms with van der Waals surface area (Å²) in [6, 6.07) is 0.138. The van der Waals surface area contributed by atoms with E-state index in [4.69, 9.17) is 0 Å². The van der Waals surface area contributed by atoms with E-state index in [1.807, 2.05) is 18.7 Å². The lowest BCUT2D eigenvalue weighted by Gasteiger charge is -2.29. The molecule has 2 heterocycles. The first-order valence-corrected chi connectivity index (χ1v) is 7.09. The topological polar surface area (TPSA) is 58.4 Å². The van der Waals surface area contributed by atoms with Gasteiger partial charge in [0.2, 0.25) is 0 Å². The molecule has 0 saturated carbocycles. The molecule has 1 saturated heterocycles.